The summed E-state index contributed by atoms with van der Waals surface area (Å²) < 4.78 is 0. The summed E-state index contributed by atoms with van der Waals surface area (Å²) in [5, 5.41) is 13.1. The van der Waals surface area contributed by atoms with E-state index in [1.807, 2.05) is 0 Å². The van der Waals surface area contributed by atoms with Gasteiger partial charge >= 0.3 is 0 Å². The molecule has 0 amide bonds. The molecular weight excluding hydrogens is 386 g/mol. The molecule has 0 saturated carbocycles. The third kappa shape index (κ3) is 2.39. The molecule has 0 spiro atoms. The quantitative estimate of drug-likeness (QED) is 0.259. The van der Waals surface area contributed by atoms with Gasteiger partial charge in [0.05, 0.1) is 0 Å². The average Bonchev–Trinajstić information content (AvgIpc) is 2.86. The van der Waals surface area contributed by atoms with Crippen LogP contribution in [0.4, 0.5) is 11.4 Å². The highest BCUT2D eigenvalue weighted by atomic mass is 15.1. The molecule has 0 atom stereocenters. The van der Waals surface area contributed by atoms with E-state index in [0.717, 1.165) is 0 Å². The molecule has 0 radical (unpaired) electrons. The summed E-state index contributed by atoms with van der Waals surface area (Å²) in [6.45, 7) is 0. The second kappa shape index (κ2) is 6.45. The zero-order chi connectivity index (χ0) is 21.2. The standard InChI is InChI=1S/C31H21N/c1-32(29-19-22-7-2-3-10-26(22)27-11-4-5-12-28(27)29)25-17-23-15-13-20-8-6-9-21-14-16-24(18-25)31(23)30(20)21/h2-19H,1H3. The van der Waals surface area contributed by atoms with Gasteiger partial charge in [-0.25, -0.2) is 0 Å². The molecule has 0 N–H and O–H groups in total. The van der Waals surface area contributed by atoms with Crippen molar-refractivity contribution in [3.05, 3.63) is 109 Å². The minimum absolute atomic E-state index is 1.20. The van der Waals surface area contributed by atoms with Crippen LogP contribution in [0.2, 0.25) is 0 Å². The third-order valence-corrected chi connectivity index (χ3v) is 6.94. The zero-order valence-corrected chi connectivity index (χ0v) is 17.8. The number of nitrogens with zero attached hydrogens (tertiary/aromatic N) is 1. The van der Waals surface area contributed by atoms with E-state index >= 15 is 0 Å². The summed E-state index contributed by atoms with van der Waals surface area (Å²) in [5.41, 5.74) is 2.43. The zero-order valence-electron chi connectivity index (χ0n) is 17.8. The molecular formula is C31H21N. The second-order valence-electron chi connectivity index (χ2n) is 8.70. The number of anilines is 2. The molecule has 0 aliphatic carbocycles. The van der Waals surface area contributed by atoms with Crippen LogP contribution in [0.25, 0.3) is 53.9 Å². The Morgan fingerprint density at radius 1 is 0.438 bits per heavy atom. The van der Waals surface area contributed by atoms with Crippen LogP contribution in [0.5, 0.6) is 0 Å². The Balaban J connectivity index is 1.51. The monoisotopic (exact) mass is 407 g/mol. The SMILES string of the molecule is CN(c1cc2ccc3cccc4ccc(c1)c2c34)c1cc2ccccc2c2ccccc12. The first-order valence-corrected chi connectivity index (χ1v) is 11.1. The first-order chi connectivity index (χ1) is 15.8. The molecule has 0 fully saturated rings. The fourth-order valence-corrected chi connectivity index (χ4v) is 5.38. The van der Waals surface area contributed by atoms with Gasteiger partial charge in [-0.1, -0.05) is 91.0 Å². The molecule has 150 valence electrons. The lowest BCUT2D eigenvalue weighted by atomic mass is 9.93. The van der Waals surface area contributed by atoms with Gasteiger partial charge in [0, 0.05) is 23.8 Å². The normalized spacial score (nSPS) is 11.9. The predicted molar refractivity (Wildman–Crippen MR) is 140 cm³/mol. The lowest BCUT2D eigenvalue weighted by Gasteiger charge is -2.24. The maximum Gasteiger partial charge on any atom is 0.0494 e. The molecule has 0 aromatic heterocycles. The number of rotatable bonds is 2. The first-order valence-electron chi connectivity index (χ1n) is 11.1. The van der Waals surface area contributed by atoms with E-state index in [9.17, 15) is 0 Å². The lowest BCUT2D eigenvalue weighted by molar-refractivity contribution is 1.23. The van der Waals surface area contributed by atoms with Crippen LogP contribution in [0.15, 0.2) is 109 Å². The number of hydrogen-bond donors (Lipinski definition) is 0. The van der Waals surface area contributed by atoms with Crippen LogP contribution >= 0.6 is 0 Å². The topological polar surface area (TPSA) is 3.24 Å². The summed E-state index contributed by atoms with van der Waals surface area (Å²) in [5.74, 6) is 0. The van der Waals surface area contributed by atoms with Crippen LogP contribution in [0.3, 0.4) is 0 Å². The molecule has 0 bridgehead atoms. The van der Waals surface area contributed by atoms with Gasteiger partial charge in [-0.15, -0.1) is 0 Å². The van der Waals surface area contributed by atoms with Crippen molar-refractivity contribution in [2.45, 2.75) is 0 Å². The maximum absolute atomic E-state index is 2.34. The minimum Gasteiger partial charge on any atom is -0.344 e. The predicted octanol–water partition coefficient (Wildman–Crippen LogP) is 8.66. The molecule has 7 rings (SSSR count). The number of fused-ring (bicyclic) bond motifs is 3. The van der Waals surface area contributed by atoms with Crippen molar-refractivity contribution in [2.75, 3.05) is 11.9 Å². The van der Waals surface area contributed by atoms with E-state index in [0.29, 0.717) is 0 Å². The molecule has 7 aromatic carbocycles. The first kappa shape index (κ1) is 17.6. The fraction of sp³-hybridized carbons (Fsp3) is 0.0323. The molecule has 0 saturated heterocycles. The summed E-state index contributed by atoms with van der Waals surface area (Å²) in [7, 11) is 2.18. The smallest absolute Gasteiger partial charge is 0.0494 e. The highest BCUT2D eigenvalue weighted by molar-refractivity contribution is 6.24. The van der Waals surface area contributed by atoms with Gasteiger partial charge in [0.2, 0.25) is 0 Å². The molecule has 32 heavy (non-hydrogen) atoms. The highest BCUT2D eigenvalue weighted by Crippen LogP contribution is 2.40. The van der Waals surface area contributed by atoms with Crippen molar-refractivity contribution < 1.29 is 0 Å². The molecule has 7 aromatic rings. The molecule has 0 heterocycles. The van der Waals surface area contributed by atoms with Gasteiger partial charge in [-0.3, -0.25) is 0 Å². The van der Waals surface area contributed by atoms with E-state index in [-0.39, 0.29) is 0 Å². The van der Waals surface area contributed by atoms with Gasteiger partial charge in [0.15, 0.2) is 0 Å². The third-order valence-electron chi connectivity index (χ3n) is 6.94. The van der Waals surface area contributed by atoms with Crippen LogP contribution in [0, 0.1) is 0 Å². The molecule has 1 heteroatoms. The van der Waals surface area contributed by atoms with E-state index < -0.39 is 0 Å². The van der Waals surface area contributed by atoms with Crippen LogP contribution in [-0.2, 0) is 0 Å². The Hall–Kier alpha value is -4.10. The van der Waals surface area contributed by atoms with E-state index in [1.54, 1.807) is 0 Å². The van der Waals surface area contributed by atoms with Crippen LogP contribution in [0.1, 0.15) is 0 Å². The largest absolute Gasteiger partial charge is 0.344 e. The molecule has 1 nitrogen and oxygen atoms in total. The Bertz CT molecular complexity index is 1730. The van der Waals surface area contributed by atoms with Gasteiger partial charge in [-0.2, -0.15) is 0 Å². The molecule has 0 unspecified atom stereocenters. The van der Waals surface area contributed by atoms with E-state index in [4.69, 9.17) is 0 Å². The Kier molecular flexibility index (Phi) is 3.54. The van der Waals surface area contributed by atoms with E-state index in [1.165, 1.54) is 65.2 Å². The van der Waals surface area contributed by atoms with Crippen molar-refractivity contribution in [2.24, 2.45) is 0 Å². The summed E-state index contributed by atoms with van der Waals surface area (Å²) in [4.78, 5) is 2.34. The highest BCUT2D eigenvalue weighted by Gasteiger charge is 2.14. The van der Waals surface area contributed by atoms with Gasteiger partial charge in [0.1, 0.15) is 0 Å². The number of hydrogen-bond acceptors (Lipinski definition) is 1. The van der Waals surface area contributed by atoms with Crippen LogP contribution < -0.4 is 4.90 Å². The van der Waals surface area contributed by atoms with Gasteiger partial charge in [-0.05, 0) is 66.7 Å². The van der Waals surface area contributed by atoms with Gasteiger partial charge in [0.25, 0.3) is 0 Å². The average molecular weight is 408 g/mol. The van der Waals surface area contributed by atoms with Crippen molar-refractivity contribution >= 4 is 65.2 Å². The Morgan fingerprint density at radius 3 is 1.69 bits per heavy atom. The molecule has 0 aliphatic rings. The van der Waals surface area contributed by atoms with Gasteiger partial charge < -0.3 is 4.90 Å². The summed E-state index contributed by atoms with van der Waals surface area (Å²) in [6.07, 6.45) is 0. The molecule has 0 aliphatic heterocycles. The lowest BCUT2D eigenvalue weighted by Crippen LogP contribution is -2.10. The van der Waals surface area contributed by atoms with E-state index in [2.05, 4.69) is 121 Å². The van der Waals surface area contributed by atoms with Crippen molar-refractivity contribution in [1.82, 2.24) is 0 Å². The van der Waals surface area contributed by atoms with Crippen LogP contribution in [-0.4, -0.2) is 7.05 Å². The van der Waals surface area contributed by atoms with Crippen molar-refractivity contribution in [3.63, 3.8) is 0 Å². The van der Waals surface area contributed by atoms with Crippen molar-refractivity contribution in [3.8, 4) is 0 Å². The van der Waals surface area contributed by atoms with Crippen molar-refractivity contribution in [1.29, 1.82) is 0 Å². The Labute approximate surface area is 186 Å². The number of benzene rings is 7. The fourth-order valence-electron chi connectivity index (χ4n) is 5.38. The second-order valence-corrected chi connectivity index (χ2v) is 8.70. The minimum atomic E-state index is 1.20. The summed E-state index contributed by atoms with van der Waals surface area (Å²) >= 11 is 0. The Morgan fingerprint density at radius 2 is 0.969 bits per heavy atom. The summed E-state index contributed by atoms with van der Waals surface area (Å²) in [6, 6.07) is 40.0. The maximum atomic E-state index is 2.34.